The zero-order valence-electron chi connectivity index (χ0n) is 18.3. The molecule has 22 heavy (non-hydrogen) atoms. The van der Waals surface area contributed by atoms with Crippen LogP contribution in [-0.2, 0) is 11.2 Å². The van der Waals surface area contributed by atoms with Crippen molar-refractivity contribution in [1.29, 1.82) is 0 Å². The number of ether oxygens (including phenoxy) is 2. The molecule has 0 aromatic heterocycles. The fraction of sp³-hybridized carbons (Fsp3) is 0.667. The third-order valence-electron chi connectivity index (χ3n) is 3.21. The first-order valence-electron chi connectivity index (χ1n) is 10.2. The molecule has 0 radical (unpaired) electrons. The van der Waals surface area contributed by atoms with Crippen LogP contribution in [0.3, 0.4) is 0 Å². The van der Waals surface area contributed by atoms with E-state index in [9.17, 15) is 5.11 Å². The number of nitrogens with one attached hydrogen (secondary N) is 1. The van der Waals surface area contributed by atoms with Gasteiger partial charge in [0.2, 0.25) is 0 Å². The zero-order valence-corrected chi connectivity index (χ0v) is 13.3. The Hall–Kier alpha value is -1.10. The maximum Gasteiger partial charge on any atom is 0.119 e. The lowest BCUT2D eigenvalue weighted by molar-refractivity contribution is 0.104. The predicted molar refractivity (Wildman–Crippen MR) is 88.3 cm³/mol. The standard InChI is InChI=1S/C18H29NO3/c1-14(2)19-11-17(20)13-22-18-7-5-15(6-8-18)9-10-21-12-16-3-4-16/h5-8,14,16-17,19-20H,3-4,9-13H2,1-2H3/i3D2,4D2,16D. The molecule has 1 aliphatic rings. The first kappa shape index (κ1) is 11.4. The largest absolute Gasteiger partial charge is 0.491 e. The zero-order chi connectivity index (χ0) is 20.3. The second-order valence-electron chi connectivity index (χ2n) is 5.70. The van der Waals surface area contributed by atoms with Gasteiger partial charge in [-0.05, 0) is 42.8 Å². The van der Waals surface area contributed by atoms with Crippen molar-refractivity contribution in [2.24, 2.45) is 5.89 Å². The molecule has 1 fully saturated rings. The van der Waals surface area contributed by atoms with Crippen molar-refractivity contribution in [3.63, 3.8) is 0 Å². The number of hydrogen-bond donors (Lipinski definition) is 2. The van der Waals surface area contributed by atoms with Gasteiger partial charge in [0, 0.05) is 26.0 Å². The van der Waals surface area contributed by atoms with Gasteiger partial charge in [0.15, 0.2) is 0 Å². The Labute approximate surface area is 140 Å². The van der Waals surface area contributed by atoms with Gasteiger partial charge in [0.05, 0.1) is 6.61 Å². The Morgan fingerprint density at radius 1 is 1.36 bits per heavy atom. The van der Waals surface area contributed by atoms with E-state index in [1.165, 1.54) is 0 Å². The highest BCUT2D eigenvalue weighted by molar-refractivity contribution is 5.27. The summed E-state index contributed by atoms with van der Waals surface area (Å²) in [6, 6.07) is 7.68. The summed E-state index contributed by atoms with van der Waals surface area (Å²) >= 11 is 0. The minimum Gasteiger partial charge on any atom is -0.491 e. The number of aliphatic hydroxyl groups excluding tert-OH is 1. The van der Waals surface area contributed by atoms with Gasteiger partial charge in [-0.1, -0.05) is 26.0 Å². The Kier molecular flexibility index (Phi) is 4.75. The van der Waals surface area contributed by atoms with E-state index in [4.69, 9.17) is 16.3 Å². The van der Waals surface area contributed by atoms with Gasteiger partial charge >= 0.3 is 0 Å². The maximum absolute atomic E-state index is 9.83. The smallest absolute Gasteiger partial charge is 0.119 e. The van der Waals surface area contributed by atoms with Crippen molar-refractivity contribution in [3.05, 3.63) is 29.8 Å². The highest BCUT2D eigenvalue weighted by Gasteiger charge is 2.20. The molecule has 1 unspecified atom stereocenters. The summed E-state index contributed by atoms with van der Waals surface area (Å²) in [5, 5.41) is 13.0. The highest BCUT2D eigenvalue weighted by Crippen LogP contribution is 2.28. The SMILES string of the molecule is [2H]C1([2H])C([2H])([2H])C1([2H])COCCc1ccc(OCC(O)CNC(C)C)cc1. The summed E-state index contributed by atoms with van der Waals surface area (Å²) < 4.78 is 48.9. The Morgan fingerprint density at radius 3 is 2.73 bits per heavy atom. The van der Waals surface area contributed by atoms with Crippen LogP contribution in [0.4, 0.5) is 0 Å². The van der Waals surface area contributed by atoms with E-state index in [1.54, 1.807) is 0 Å². The van der Waals surface area contributed by atoms with Crippen molar-refractivity contribution < 1.29 is 21.4 Å². The average molecular weight is 312 g/mol. The molecule has 1 saturated carbocycles. The third-order valence-corrected chi connectivity index (χ3v) is 3.21. The van der Waals surface area contributed by atoms with Gasteiger partial charge in [0.25, 0.3) is 0 Å². The molecule has 2 rings (SSSR count). The first-order valence-corrected chi connectivity index (χ1v) is 7.72. The van der Waals surface area contributed by atoms with Gasteiger partial charge in [-0.25, -0.2) is 0 Å². The Balaban J connectivity index is 1.67. The molecule has 0 saturated heterocycles. The van der Waals surface area contributed by atoms with E-state index in [0.29, 0.717) is 24.8 Å². The summed E-state index contributed by atoms with van der Waals surface area (Å²) in [4.78, 5) is 0. The molecule has 1 aromatic carbocycles. The predicted octanol–water partition coefficient (Wildman–Crippen LogP) is 2.39. The molecule has 4 nitrogen and oxygen atoms in total. The fourth-order valence-electron chi connectivity index (χ4n) is 1.86. The second kappa shape index (κ2) is 9.13. The molecule has 0 bridgehead atoms. The number of rotatable bonds is 11. The van der Waals surface area contributed by atoms with Crippen LogP contribution >= 0.6 is 0 Å². The van der Waals surface area contributed by atoms with Gasteiger partial charge in [0.1, 0.15) is 18.5 Å². The highest BCUT2D eigenvalue weighted by atomic mass is 16.5. The first-order chi connectivity index (χ1) is 12.5. The molecule has 2 N–H and O–H groups in total. The molecule has 0 spiro atoms. The molecule has 1 atom stereocenters. The molecule has 124 valence electrons. The van der Waals surface area contributed by atoms with Crippen LogP contribution in [0.25, 0.3) is 0 Å². The molecule has 1 aliphatic carbocycles. The summed E-state index contributed by atoms with van der Waals surface area (Å²) in [6.45, 7) is 4.72. The second-order valence-corrected chi connectivity index (χ2v) is 5.70. The van der Waals surface area contributed by atoms with Crippen LogP contribution < -0.4 is 10.1 Å². The van der Waals surface area contributed by atoms with E-state index in [0.717, 1.165) is 5.56 Å². The topological polar surface area (TPSA) is 50.7 Å². The van der Waals surface area contributed by atoms with Gasteiger partial charge in [-0.15, -0.1) is 0 Å². The van der Waals surface area contributed by atoms with Gasteiger partial charge in [-0.2, -0.15) is 0 Å². The Bertz CT molecular complexity index is 596. The number of aliphatic hydroxyl groups is 1. The van der Waals surface area contributed by atoms with Crippen LogP contribution in [0, 0.1) is 5.89 Å². The van der Waals surface area contributed by atoms with Crippen LogP contribution in [-0.4, -0.2) is 43.6 Å². The Morgan fingerprint density at radius 2 is 2.09 bits per heavy atom. The molecule has 1 aromatic rings. The monoisotopic (exact) mass is 312 g/mol. The van der Waals surface area contributed by atoms with Crippen LogP contribution in [0.2, 0.25) is 0 Å². The molecule has 0 heterocycles. The minimum atomic E-state index is -2.17. The maximum atomic E-state index is 9.83. The van der Waals surface area contributed by atoms with Crippen LogP contribution in [0.1, 0.15) is 39.0 Å². The normalized spacial score (nSPS) is 25.4. The van der Waals surface area contributed by atoms with Crippen LogP contribution in [0.5, 0.6) is 5.75 Å². The lowest BCUT2D eigenvalue weighted by atomic mass is 10.1. The van der Waals surface area contributed by atoms with Crippen molar-refractivity contribution >= 4 is 0 Å². The quantitative estimate of drug-likeness (QED) is 0.616. The molecule has 4 heteroatoms. The summed E-state index contributed by atoms with van der Waals surface area (Å²) in [5.41, 5.74) is 0.991. The van der Waals surface area contributed by atoms with Gasteiger partial charge in [-0.3, -0.25) is 0 Å². The molecular weight excluding hydrogens is 278 g/mol. The van der Waals surface area contributed by atoms with Crippen molar-refractivity contribution in [3.8, 4) is 5.75 Å². The van der Waals surface area contributed by atoms with Crippen molar-refractivity contribution in [2.45, 2.75) is 45.2 Å². The minimum absolute atomic E-state index is 0.206. The summed E-state index contributed by atoms with van der Waals surface area (Å²) in [5.74, 6) is -1.17. The van der Waals surface area contributed by atoms with E-state index < -0.39 is 24.7 Å². The van der Waals surface area contributed by atoms with Crippen molar-refractivity contribution in [2.75, 3.05) is 26.4 Å². The number of benzene rings is 1. The lowest BCUT2D eigenvalue weighted by Gasteiger charge is -2.15. The van der Waals surface area contributed by atoms with E-state index in [2.05, 4.69) is 5.32 Å². The van der Waals surface area contributed by atoms with Gasteiger partial charge < -0.3 is 19.9 Å². The number of hydrogen-bond acceptors (Lipinski definition) is 4. The van der Waals surface area contributed by atoms with E-state index in [-0.39, 0.29) is 19.8 Å². The average Bonchev–Trinajstić information content (AvgIpc) is 2.92. The van der Waals surface area contributed by atoms with Crippen molar-refractivity contribution in [1.82, 2.24) is 5.32 Å². The molecule has 0 amide bonds. The van der Waals surface area contributed by atoms with E-state index in [1.807, 2.05) is 38.1 Å². The van der Waals surface area contributed by atoms with E-state index >= 15 is 0 Å². The molecule has 0 aliphatic heterocycles. The lowest BCUT2D eigenvalue weighted by Crippen LogP contribution is -2.35. The fourth-order valence-corrected chi connectivity index (χ4v) is 1.86. The summed E-state index contributed by atoms with van der Waals surface area (Å²) in [7, 11) is 0. The third kappa shape index (κ3) is 7.25. The summed E-state index contributed by atoms with van der Waals surface area (Å²) in [6.07, 6.45) is -4.35. The van der Waals surface area contributed by atoms with Crippen LogP contribution in [0.15, 0.2) is 24.3 Å². The molecular formula is C18H29NO3.